The number of rotatable bonds is 2. The summed E-state index contributed by atoms with van der Waals surface area (Å²) in [4.78, 5) is 2.06. The van der Waals surface area contributed by atoms with Gasteiger partial charge in [0.15, 0.2) is 0 Å². The van der Waals surface area contributed by atoms with Crippen LogP contribution in [0.5, 0.6) is 0 Å². The third kappa shape index (κ3) is 3.55. The molecule has 0 aliphatic carbocycles. The second-order valence-corrected chi connectivity index (χ2v) is 10.9. The molecular formula is C22H25F3N2O2S. The summed E-state index contributed by atoms with van der Waals surface area (Å²) in [5.41, 5.74) is 0.783. The molecule has 30 heavy (non-hydrogen) atoms. The smallest absolute Gasteiger partial charge is 0.365 e. The molecule has 1 saturated heterocycles. The van der Waals surface area contributed by atoms with Crippen molar-refractivity contribution >= 4 is 21.4 Å². The second kappa shape index (κ2) is 6.90. The van der Waals surface area contributed by atoms with Crippen LogP contribution in [0, 0.1) is 0 Å². The Balaban J connectivity index is 1.79. The molecule has 0 amide bonds. The number of fused-ring (bicyclic) bond motifs is 3. The first-order valence-corrected chi connectivity index (χ1v) is 11.4. The topological polar surface area (TPSA) is 40.6 Å². The van der Waals surface area contributed by atoms with Gasteiger partial charge >= 0.3 is 6.18 Å². The van der Waals surface area contributed by atoms with Gasteiger partial charge in [-0.15, -0.1) is 0 Å². The Kier molecular flexibility index (Phi) is 4.84. The predicted molar refractivity (Wildman–Crippen MR) is 111 cm³/mol. The van der Waals surface area contributed by atoms with Gasteiger partial charge in [-0.3, -0.25) is 4.31 Å². The summed E-state index contributed by atoms with van der Waals surface area (Å²) >= 11 is 0. The molecule has 162 valence electrons. The molecule has 0 radical (unpaired) electrons. The molecule has 0 bridgehead atoms. The third-order valence-electron chi connectivity index (χ3n) is 5.94. The van der Waals surface area contributed by atoms with Gasteiger partial charge in [-0.1, -0.05) is 32.9 Å². The second-order valence-electron chi connectivity index (χ2n) is 9.00. The van der Waals surface area contributed by atoms with Crippen LogP contribution in [0.4, 0.5) is 24.5 Å². The fourth-order valence-electron chi connectivity index (χ4n) is 4.25. The first-order valence-electron chi connectivity index (χ1n) is 10.0. The van der Waals surface area contributed by atoms with Gasteiger partial charge in [0.05, 0.1) is 28.4 Å². The predicted octanol–water partition coefficient (Wildman–Crippen LogP) is 5.18. The van der Waals surface area contributed by atoms with Gasteiger partial charge in [-0.25, -0.2) is 8.42 Å². The summed E-state index contributed by atoms with van der Waals surface area (Å²) in [6.45, 7) is 7.01. The molecule has 0 unspecified atom stereocenters. The van der Waals surface area contributed by atoms with Gasteiger partial charge in [0.1, 0.15) is 0 Å². The van der Waals surface area contributed by atoms with Crippen molar-refractivity contribution in [2.75, 3.05) is 22.3 Å². The minimum Gasteiger partial charge on any atom is -0.365 e. The molecule has 2 aromatic carbocycles. The normalized spacial score (nSPS) is 19.6. The van der Waals surface area contributed by atoms with Crippen LogP contribution in [0.3, 0.4) is 0 Å². The Morgan fingerprint density at radius 3 is 2.17 bits per heavy atom. The quantitative estimate of drug-likeness (QED) is 0.649. The van der Waals surface area contributed by atoms with Gasteiger partial charge < -0.3 is 4.90 Å². The summed E-state index contributed by atoms with van der Waals surface area (Å²) in [5, 5.41) is 0. The van der Waals surface area contributed by atoms with Crippen molar-refractivity contribution in [2.24, 2.45) is 0 Å². The molecular weight excluding hydrogens is 413 g/mol. The van der Waals surface area contributed by atoms with Crippen molar-refractivity contribution in [3.05, 3.63) is 53.6 Å². The molecule has 1 fully saturated rings. The number of halogens is 3. The first kappa shape index (κ1) is 21.0. The number of nitrogens with zero attached hydrogens (tertiary/aromatic N) is 2. The van der Waals surface area contributed by atoms with E-state index in [9.17, 15) is 21.6 Å². The van der Waals surface area contributed by atoms with Gasteiger partial charge in [-0.05, 0) is 54.2 Å². The Morgan fingerprint density at radius 1 is 0.933 bits per heavy atom. The lowest BCUT2D eigenvalue weighted by Gasteiger charge is -2.40. The number of alkyl halides is 3. The van der Waals surface area contributed by atoms with E-state index in [-0.39, 0.29) is 22.9 Å². The summed E-state index contributed by atoms with van der Waals surface area (Å²) < 4.78 is 68.1. The molecule has 4 rings (SSSR count). The molecule has 0 saturated carbocycles. The Bertz CT molecular complexity index is 1060. The zero-order valence-corrected chi connectivity index (χ0v) is 18.0. The van der Waals surface area contributed by atoms with E-state index in [2.05, 4.69) is 0 Å². The van der Waals surface area contributed by atoms with Gasteiger partial charge in [0, 0.05) is 12.6 Å². The zero-order valence-electron chi connectivity index (χ0n) is 17.2. The van der Waals surface area contributed by atoms with E-state index in [1.165, 1.54) is 10.4 Å². The highest BCUT2D eigenvalue weighted by molar-refractivity contribution is 7.92. The highest BCUT2D eigenvalue weighted by atomic mass is 32.2. The van der Waals surface area contributed by atoms with E-state index in [4.69, 9.17) is 0 Å². The molecule has 2 aromatic rings. The molecule has 4 nitrogen and oxygen atoms in total. The average Bonchev–Trinajstić information content (AvgIpc) is 3.14. The van der Waals surface area contributed by atoms with Crippen LogP contribution in [0.15, 0.2) is 47.4 Å². The first-order chi connectivity index (χ1) is 13.9. The Labute approximate surface area is 175 Å². The van der Waals surface area contributed by atoms with Crippen molar-refractivity contribution in [3.8, 4) is 0 Å². The molecule has 0 N–H and O–H groups in total. The minimum absolute atomic E-state index is 0.113. The number of sulfonamides is 1. The molecule has 2 aliphatic rings. The van der Waals surface area contributed by atoms with Crippen molar-refractivity contribution < 1.29 is 21.6 Å². The maximum atomic E-state index is 13.5. The van der Waals surface area contributed by atoms with Crippen LogP contribution < -0.4 is 9.21 Å². The molecule has 1 atom stereocenters. The summed E-state index contributed by atoms with van der Waals surface area (Å²) in [6, 6.07) is 9.97. The zero-order chi connectivity index (χ0) is 21.9. The molecule has 0 spiro atoms. The lowest BCUT2D eigenvalue weighted by Crippen LogP contribution is -2.48. The SMILES string of the molecule is CC(C)(C)c1ccc(S(=O)(=O)N2C[C@H]3CCCN3c3cc(C(F)(F)F)ccc32)cc1. The van der Waals surface area contributed by atoms with Gasteiger partial charge in [0.25, 0.3) is 10.0 Å². The maximum absolute atomic E-state index is 13.5. The van der Waals surface area contributed by atoms with Crippen LogP contribution in [-0.2, 0) is 21.6 Å². The number of benzene rings is 2. The molecule has 8 heteroatoms. The van der Waals surface area contributed by atoms with Crippen LogP contribution in [0.1, 0.15) is 44.7 Å². The van der Waals surface area contributed by atoms with E-state index in [1.54, 1.807) is 24.3 Å². The largest absolute Gasteiger partial charge is 0.416 e. The average molecular weight is 439 g/mol. The van der Waals surface area contributed by atoms with Crippen LogP contribution in [-0.4, -0.2) is 27.5 Å². The van der Waals surface area contributed by atoms with Crippen molar-refractivity contribution in [2.45, 2.75) is 56.1 Å². The highest BCUT2D eigenvalue weighted by Gasteiger charge is 2.41. The number of hydrogen-bond acceptors (Lipinski definition) is 3. The third-order valence-corrected chi connectivity index (χ3v) is 7.74. The summed E-state index contributed by atoms with van der Waals surface area (Å²) in [7, 11) is -3.90. The Hall–Kier alpha value is -2.22. The fourth-order valence-corrected chi connectivity index (χ4v) is 5.77. The lowest BCUT2D eigenvalue weighted by molar-refractivity contribution is -0.137. The molecule has 0 aromatic heterocycles. The van der Waals surface area contributed by atoms with Crippen LogP contribution >= 0.6 is 0 Å². The molecule has 2 aliphatic heterocycles. The van der Waals surface area contributed by atoms with E-state index < -0.39 is 21.8 Å². The van der Waals surface area contributed by atoms with Crippen molar-refractivity contribution in [1.29, 1.82) is 0 Å². The van der Waals surface area contributed by atoms with Gasteiger partial charge in [0.2, 0.25) is 0 Å². The van der Waals surface area contributed by atoms with Crippen LogP contribution in [0.25, 0.3) is 0 Å². The number of anilines is 2. The monoisotopic (exact) mass is 438 g/mol. The standard InChI is InChI=1S/C22H25F3N2O2S/c1-21(2,3)15-6-9-18(10-7-15)30(28,29)27-14-17-5-4-12-26(17)20-13-16(22(23,24)25)8-11-19(20)27/h6-11,13,17H,4-5,12,14H2,1-3H3/t17-/m1/s1. The maximum Gasteiger partial charge on any atom is 0.416 e. The summed E-state index contributed by atoms with van der Waals surface area (Å²) in [5.74, 6) is 0. The Morgan fingerprint density at radius 2 is 1.57 bits per heavy atom. The summed E-state index contributed by atoms with van der Waals surface area (Å²) in [6.07, 6.45) is -2.90. The van der Waals surface area contributed by atoms with Crippen molar-refractivity contribution in [1.82, 2.24) is 0 Å². The molecule has 2 heterocycles. The van der Waals surface area contributed by atoms with E-state index in [0.29, 0.717) is 17.9 Å². The lowest BCUT2D eigenvalue weighted by atomic mass is 9.87. The van der Waals surface area contributed by atoms with Gasteiger partial charge in [-0.2, -0.15) is 13.2 Å². The van der Waals surface area contributed by atoms with Crippen LogP contribution in [0.2, 0.25) is 0 Å². The van der Waals surface area contributed by atoms with E-state index in [1.807, 2.05) is 25.7 Å². The van der Waals surface area contributed by atoms with E-state index in [0.717, 1.165) is 30.5 Å². The van der Waals surface area contributed by atoms with Crippen molar-refractivity contribution in [3.63, 3.8) is 0 Å². The number of hydrogen-bond donors (Lipinski definition) is 0. The highest BCUT2D eigenvalue weighted by Crippen LogP contribution is 2.44. The van der Waals surface area contributed by atoms with E-state index >= 15 is 0 Å². The fraction of sp³-hybridized carbons (Fsp3) is 0.455. The minimum atomic E-state index is -4.48.